The van der Waals surface area contributed by atoms with E-state index in [2.05, 4.69) is 184 Å². The minimum absolute atomic E-state index is 0.0768. The van der Waals surface area contributed by atoms with Crippen LogP contribution in [0, 0.1) is 0 Å². The molecule has 0 atom stereocenters. The van der Waals surface area contributed by atoms with E-state index in [0.717, 1.165) is 21.9 Å². The molecule has 0 radical (unpaired) electrons. The molecule has 0 bridgehead atoms. The van der Waals surface area contributed by atoms with Crippen LogP contribution >= 0.6 is 0 Å². The number of hydrogen-bond acceptors (Lipinski definition) is 1. The third kappa shape index (κ3) is 3.99. The number of furan rings is 1. The van der Waals surface area contributed by atoms with E-state index < -0.39 is 0 Å². The van der Waals surface area contributed by atoms with Crippen molar-refractivity contribution in [2.24, 2.45) is 0 Å². The molecule has 0 aliphatic heterocycles. The van der Waals surface area contributed by atoms with Gasteiger partial charge in [-0.25, -0.2) is 0 Å². The lowest BCUT2D eigenvalue weighted by Gasteiger charge is -2.21. The predicted molar refractivity (Wildman–Crippen MR) is 220 cm³/mol. The van der Waals surface area contributed by atoms with E-state index in [9.17, 15) is 0 Å². The maximum absolute atomic E-state index is 6.95. The van der Waals surface area contributed by atoms with Crippen LogP contribution in [0.25, 0.3) is 98.8 Å². The topological polar surface area (TPSA) is 13.1 Å². The fourth-order valence-electron chi connectivity index (χ4n) is 9.25. The Labute approximate surface area is 302 Å². The molecule has 1 aromatic heterocycles. The molecule has 1 heterocycles. The second-order valence-electron chi connectivity index (χ2n) is 14.8. The van der Waals surface area contributed by atoms with Crippen LogP contribution in [0.3, 0.4) is 0 Å². The number of benzene rings is 9. The van der Waals surface area contributed by atoms with E-state index >= 15 is 0 Å². The van der Waals surface area contributed by atoms with Crippen LogP contribution in [0.1, 0.15) is 25.0 Å². The fraction of sp³-hybridized carbons (Fsp3) is 0.0588. The van der Waals surface area contributed by atoms with E-state index in [1.54, 1.807) is 0 Å². The minimum Gasteiger partial charge on any atom is -0.455 e. The van der Waals surface area contributed by atoms with Gasteiger partial charge in [-0.05, 0) is 83.1 Å². The van der Waals surface area contributed by atoms with E-state index in [-0.39, 0.29) is 5.41 Å². The van der Waals surface area contributed by atoms with Gasteiger partial charge in [-0.2, -0.15) is 0 Å². The van der Waals surface area contributed by atoms with E-state index in [4.69, 9.17) is 4.42 Å². The molecule has 1 aliphatic carbocycles. The zero-order valence-electron chi connectivity index (χ0n) is 29.1. The van der Waals surface area contributed by atoms with Crippen molar-refractivity contribution in [3.8, 4) is 44.5 Å². The summed E-state index contributed by atoms with van der Waals surface area (Å²) in [6.45, 7) is 4.65. The molecule has 1 nitrogen and oxygen atoms in total. The third-order valence-electron chi connectivity index (χ3n) is 11.7. The van der Waals surface area contributed by atoms with Crippen molar-refractivity contribution < 1.29 is 4.42 Å². The van der Waals surface area contributed by atoms with E-state index in [1.165, 1.54) is 88.0 Å². The second kappa shape index (κ2) is 10.8. The normalized spacial score (nSPS) is 13.3. The first-order chi connectivity index (χ1) is 25.6. The summed E-state index contributed by atoms with van der Waals surface area (Å²) >= 11 is 0. The smallest absolute Gasteiger partial charge is 0.143 e. The van der Waals surface area contributed by atoms with Crippen LogP contribution in [0.15, 0.2) is 174 Å². The molecule has 9 aromatic carbocycles. The fourth-order valence-corrected chi connectivity index (χ4v) is 9.25. The maximum Gasteiger partial charge on any atom is 0.143 e. The highest BCUT2D eigenvalue weighted by Gasteiger charge is 2.37. The minimum atomic E-state index is -0.0768. The Hall–Kier alpha value is -6.44. The Morgan fingerprint density at radius 3 is 1.48 bits per heavy atom. The molecule has 0 saturated carbocycles. The predicted octanol–water partition coefficient (Wildman–Crippen LogP) is 14.4. The SMILES string of the molecule is CC1(C)c2ccccc2-c2c1ccc1c2oc2c3ccccc3c(-c3ccc(-c4c5ccccc5c(-c5ccccc5)c5ccccc45)cc3)cc12. The maximum atomic E-state index is 6.95. The molecule has 11 rings (SSSR count). The summed E-state index contributed by atoms with van der Waals surface area (Å²) in [5, 5.41) is 9.74. The Kier molecular flexibility index (Phi) is 6.08. The highest BCUT2D eigenvalue weighted by atomic mass is 16.3. The summed E-state index contributed by atoms with van der Waals surface area (Å²) in [4.78, 5) is 0. The Morgan fingerprint density at radius 1 is 0.327 bits per heavy atom. The van der Waals surface area contributed by atoms with Crippen molar-refractivity contribution in [3.63, 3.8) is 0 Å². The molecule has 1 heteroatoms. The summed E-state index contributed by atoms with van der Waals surface area (Å²) in [6, 6.07) is 62.2. The first-order valence-corrected chi connectivity index (χ1v) is 18.2. The van der Waals surface area contributed by atoms with Gasteiger partial charge in [0.05, 0.1) is 0 Å². The van der Waals surface area contributed by atoms with Crippen LogP contribution < -0.4 is 0 Å². The zero-order chi connectivity index (χ0) is 34.6. The number of rotatable bonds is 3. The number of fused-ring (bicyclic) bond motifs is 11. The van der Waals surface area contributed by atoms with Gasteiger partial charge < -0.3 is 4.42 Å². The zero-order valence-corrected chi connectivity index (χ0v) is 29.1. The quantitative estimate of drug-likeness (QED) is 0.172. The standard InChI is InChI=1S/C51H34O/c1-51(2)44-23-13-12-22-41(44)48-45(51)29-28-40-43-30-42(34-16-6-11-21-39(34)49(43)52-50(40)48)31-24-26-33(27-25-31)47-37-19-9-7-17-35(37)46(32-14-4-3-5-15-32)36-18-8-10-20-38(36)47/h3-30H,1-2H3. The first kappa shape index (κ1) is 29.3. The monoisotopic (exact) mass is 662 g/mol. The van der Waals surface area contributed by atoms with Gasteiger partial charge in [0.2, 0.25) is 0 Å². The van der Waals surface area contributed by atoms with Crippen molar-refractivity contribution in [1.29, 1.82) is 0 Å². The van der Waals surface area contributed by atoms with Gasteiger partial charge in [-0.3, -0.25) is 0 Å². The lowest BCUT2D eigenvalue weighted by Crippen LogP contribution is -2.14. The summed E-state index contributed by atoms with van der Waals surface area (Å²) in [6.07, 6.45) is 0. The van der Waals surface area contributed by atoms with E-state index in [0.29, 0.717) is 0 Å². The van der Waals surface area contributed by atoms with Crippen molar-refractivity contribution in [1.82, 2.24) is 0 Å². The largest absolute Gasteiger partial charge is 0.455 e. The molecule has 244 valence electrons. The average molecular weight is 663 g/mol. The van der Waals surface area contributed by atoms with Gasteiger partial charge in [-0.1, -0.05) is 178 Å². The summed E-state index contributed by atoms with van der Waals surface area (Å²) in [7, 11) is 0. The molecule has 0 amide bonds. The van der Waals surface area contributed by atoms with Crippen molar-refractivity contribution >= 4 is 54.3 Å². The average Bonchev–Trinajstić information content (AvgIpc) is 3.69. The van der Waals surface area contributed by atoms with Crippen molar-refractivity contribution in [2.45, 2.75) is 19.3 Å². The first-order valence-electron chi connectivity index (χ1n) is 18.2. The Morgan fingerprint density at radius 2 is 0.827 bits per heavy atom. The van der Waals surface area contributed by atoms with Crippen LogP contribution in [-0.4, -0.2) is 0 Å². The van der Waals surface area contributed by atoms with E-state index in [1.807, 2.05) is 0 Å². The molecule has 52 heavy (non-hydrogen) atoms. The van der Waals surface area contributed by atoms with Crippen LogP contribution in [0.4, 0.5) is 0 Å². The van der Waals surface area contributed by atoms with Gasteiger partial charge in [-0.15, -0.1) is 0 Å². The summed E-state index contributed by atoms with van der Waals surface area (Å²) in [5.41, 5.74) is 14.5. The lowest BCUT2D eigenvalue weighted by atomic mass is 9.82. The molecule has 0 saturated heterocycles. The van der Waals surface area contributed by atoms with Gasteiger partial charge >= 0.3 is 0 Å². The molecular formula is C51H34O. The summed E-state index contributed by atoms with van der Waals surface area (Å²) in [5.74, 6) is 0. The van der Waals surface area contributed by atoms with Crippen LogP contribution in [0.5, 0.6) is 0 Å². The van der Waals surface area contributed by atoms with Gasteiger partial charge in [0.25, 0.3) is 0 Å². The molecule has 0 spiro atoms. The lowest BCUT2D eigenvalue weighted by molar-refractivity contribution is 0.654. The van der Waals surface area contributed by atoms with Gasteiger partial charge in [0, 0.05) is 27.1 Å². The van der Waals surface area contributed by atoms with Crippen LogP contribution in [-0.2, 0) is 5.41 Å². The Balaban J connectivity index is 1.12. The molecule has 0 fully saturated rings. The Bertz CT molecular complexity index is 3010. The molecular weight excluding hydrogens is 629 g/mol. The highest BCUT2D eigenvalue weighted by Crippen LogP contribution is 2.53. The highest BCUT2D eigenvalue weighted by molar-refractivity contribution is 6.23. The third-order valence-corrected chi connectivity index (χ3v) is 11.7. The van der Waals surface area contributed by atoms with Crippen LogP contribution in [0.2, 0.25) is 0 Å². The second-order valence-corrected chi connectivity index (χ2v) is 14.8. The molecule has 0 N–H and O–H groups in total. The number of hydrogen-bond donors (Lipinski definition) is 0. The van der Waals surface area contributed by atoms with Crippen molar-refractivity contribution in [2.75, 3.05) is 0 Å². The summed E-state index contributed by atoms with van der Waals surface area (Å²) < 4.78 is 6.95. The van der Waals surface area contributed by atoms with Crippen molar-refractivity contribution in [3.05, 3.63) is 181 Å². The van der Waals surface area contributed by atoms with Gasteiger partial charge in [0.15, 0.2) is 0 Å². The molecule has 0 unspecified atom stereocenters. The van der Waals surface area contributed by atoms with Gasteiger partial charge in [0.1, 0.15) is 11.2 Å². The molecule has 10 aromatic rings. The molecule has 1 aliphatic rings.